The molecule has 1 aliphatic rings. The molecule has 0 aromatic heterocycles. The minimum atomic E-state index is 0.652. The predicted molar refractivity (Wildman–Crippen MR) is 80.7 cm³/mol. The molecule has 0 amide bonds. The zero-order valence-electron chi connectivity index (χ0n) is 11.3. The molecule has 1 heterocycles. The molecule has 2 nitrogen and oxygen atoms in total. The maximum atomic E-state index is 3.65. The Morgan fingerprint density at radius 2 is 2.06 bits per heavy atom. The van der Waals surface area contributed by atoms with Crippen molar-refractivity contribution in [2.45, 2.75) is 32.4 Å². The molecule has 1 aromatic rings. The molecule has 2 atom stereocenters. The second kappa shape index (κ2) is 6.69. The summed E-state index contributed by atoms with van der Waals surface area (Å²) in [6.45, 7) is 5.71. The topological polar surface area (TPSA) is 15.3 Å². The van der Waals surface area contributed by atoms with E-state index < -0.39 is 0 Å². The first-order valence-corrected chi connectivity index (χ1v) is 7.61. The third-order valence-electron chi connectivity index (χ3n) is 3.80. The fourth-order valence-electron chi connectivity index (χ4n) is 2.66. The van der Waals surface area contributed by atoms with Crippen LogP contribution in [0.1, 0.15) is 25.3 Å². The molecule has 0 saturated carbocycles. The van der Waals surface area contributed by atoms with Crippen LogP contribution in [0.5, 0.6) is 0 Å². The Morgan fingerprint density at radius 1 is 1.33 bits per heavy atom. The van der Waals surface area contributed by atoms with Crippen molar-refractivity contribution in [3.63, 3.8) is 0 Å². The number of piperidine rings is 1. The highest BCUT2D eigenvalue weighted by Crippen LogP contribution is 2.17. The van der Waals surface area contributed by atoms with Gasteiger partial charge in [-0.2, -0.15) is 0 Å². The summed E-state index contributed by atoms with van der Waals surface area (Å²) in [6.07, 6.45) is 2.69. The van der Waals surface area contributed by atoms with Crippen LogP contribution < -0.4 is 5.32 Å². The molecule has 100 valence electrons. The molecule has 0 spiro atoms. The van der Waals surface area contributed by atoms with Gasteiger partial charge < -0.3 is 10.2 Å². The number of nitrogens with one attached hydrogen (secondary N) is 1. The summed E-state index contributed by atoms with van der Waals surface area (Å²) in [5.41, 5.74) is 1.38. The molecule has 1 N–H and O–H groups in total. The van der Waals surface area contributed by atoms with Crippen molar-refractivity contribution < 1.29 is 0 Å². The van der Waals surface area contributed by atoms with Crippen LogP contribution in [-0.2, 0) is 6.54 Å². The molecule has 1 aromatic carbocycles. The number of benzene rings is 1. The third-order valence-corrected chi connectivity index (χ3v) is 4.33. The standard InChI is InChI=1S/C15H23BrN2/c1-12-4-3-9-17-15(12)11-18(2)10-13-5-7-14(16)8-6-13/h5-8,12,15,17H,3-4,9-11H2,1-2H3. The van der Waals surface area contributed by atoms with Gasteiger partial charge in [-0.3, -0.25) is 0 Å². The van der Waals surface area contributed by atoms with Gasteiger partial charge in [-0.25, -0.2) is 0 Å². The molecule has 1 saturated heterocycles. The van der Waals surface area contributed by atoms with Crippen molar-refractivity contribution >= 4 is 15.9 Å². The predicted octanol–water partition coefficient (Wildman–Crippen LogP) is 3.27. The number of hydrogen-bond acceptors (Lipinski definition) is 2. The van der Waals surface area contributed by atoms with Crippen molar-refractivity contribution in [3.8, 4) is 0 Å². The van der Waals surface area contributed by atoms with E-state index in [0.717, 1.165) is 23.5 Å². The smallest absolute Gasteiger partial charge is 0.0231 e. The molecule has 0 bridgehead atoms. The van der Waals surface area contributed by atoms with E-state index in [1.54, 1.807) is 0 Å². The van der Waals surface area contributed by atoms with E-state index in [-0.39, 0.29) is 0 Å². The van der Waals surface area contributed by atoms with Crippen LogP contribution in [0.4, 0.5) is 0 Å². The van der Waals surface area contributed by atoms with Crippen LogP contribution in [0.3, 0.4) is 0 Å². The van der Waals surface area contributed by atoms with Crippen molar-refractivity contribution in [2.75, 3.05) is 20.1 Å². The molecule has 1 fully saturated rings. The van der Waals surface area contributed by atoms with Crippen molar-refractivity contribution in [3.05, 3.63) is 34.3 Å². The van der Waals surface area contributed by atoms with Gasteiger partial charge in [0.2, 0.25) is 0 Å². The van der Waals surface area contributed by atoms with E-state index in [0.29, 0.717) is 6.04 Å². The molecule has 0 aliphatic carbocycles. The Kier molecular flexibility index (Phi) is 5.22. The maximum Gasteiger partial charge on any atom is 0.0231 e. The lowest BCUT2D eigenvalue weighted by atomic mass is 9.92. The summed E-state index contributed by atoms with van der Waals surface area (Å²) < 4.78 is 1.15. The van der Waals surface area contributed by atoms with Crippen LogP contribution in [-0.4, -0.2) is 31.1 Å². The Bertz CT molecular complexity index is 363. The Balaban J connectivity index is 1.84. The van der Waals surface area contributed by atoms with Gasteiger partial charge in [-0.05, 0) is 50.0 Å². The van der Waals surface area contributed by atoms with Gasteiger partial charge in [0.1, 0.15) is 0 Å². The van der Waals surface area contributed by atoms with Gasteiger partial charge in [0.25, 0.3) is 0 Å². The lowest BCUT2D eigenvalue weighted by molar-refractivity contribution is 0.212. The summed E-state index contributed by atoms with van der Waals surface area (Å²) in [5, 5.41) is 3.65. The molecular formula is C15H23BrN2. The lowest BCUT2D eigenvalue weighted by Gasteiger charge is -2.33. The van der Waals surface area contributed by atoms with E-state index in [2.05, 4.69) is 64.4 Å². The van der Waals surface area contributed by atoms with Crippen LogP contribution >= 0.6 is 15.9 Å². The lowest BCUT2D eigenvalue weighted by Crippen LogP contribution is -2.46. The highest BCUT2D eigenvalue weighted by Gasteiger charge is 2.21. The minimum Gasteiger partial charge on any atom is -0.312 e. The second-order valence-corrected chi connectivity index (χ2v) is 6.42. The highest BCUT2D eigenvalue weighted by atomic mass is 79.9. The van der Waals surface area contributed by atoms with Gasteiger partial charge in [-0.15, -0.1) is 0 Å². The molecule has 0 radical (unpaired) electrons. The second-order valence-electron chi connectivity index (χ2n) is 5.50. The highest BCUT2D eigenvalue weighted by molar-refractivity contribution is 9.10. The molecule has 1 aliphatic heterocycles. The Morgan fingerprint density at radius 3 is 2.72 bits per heavy atom. The van der Waals surface area contributed by atoms with Gasteiger partial charge in [-0.1, -0.05) is 35.0 Å². The van der Waals surface area contributed by atoms with Crippen LogP contribution in [0, 0.1) is 5.92 Å². The van der Waals surface area contributed by atoms with Crippen molar-refractivity contribution in [1.29, 1.82) is 0 Å². The fourth-order valence-corrected chi connectivity index (χ4v) is 2.92. The first-order chi connectivity index (χ1) is 8.65. The summed E-state index contributed by atoms with van der Waals surface area (Å²) >= 11 is 3.48. The summed E-state index contributed by atoms with van der Waals surface area (Å²) in [6, 6.07) is 9.27. The van der Waals surface area contributed by atoms with Gasteiger partial charge in [0.05, 0.1) is 0 Å². The molecule has 18 heavy (non-hydrogen) atoms. The van der Waals surface area contributed by atoms with Gasteiger partial charge >= 0.3 is 0 Å². The molecule has 3 heteroatoms. The van der Waals surface area contributed by atoms with E-state index in [4.69, 9.17) is 0 Å². The first kappa shape index (κ1) is 14.0. The van der Waals surface area contributed by atoms with Crippen molar-refractivity contribution in [1.82, 2.24) is 10.2 Å². The van der Waals surface area contributed by atoms with E-state index in [9.17, 15) is 0 Å². The summed E-state index contributed by atoms with van der Waals surface area (Å²) in [7, 11) is 2.21. The monoisotopic (exact) mass is 310 g/mol. The van der Waals surface area contributed by atoms with Crippen molar-refractivity contribution in [2.24, 2.45) is 5.92 Å². The number of nitrogens with zero attached hydrogens (tertiary/aromatic N) is 1. The average Bonchev–Trinajstić information content (AvgIpc) is 2.35. The normalized spacial score (nSPS) is 24.4. The quantitative estimate of drug-likeness (QED) is 0.918. The van der Waals surface area contributed by atoms with E-state index in [1.165, 1.54) is 24.9 Å². The zero-order valence-corrected chi connectivity index (χ0v) is 12.9. The van der Waals surface area contributed by atoms with Crippen LogP contribution in [0.15, 0.2) is 28.7 Å². The maximum absolute atomic E-state index is 3.65. The van der Waals surface area contributed by atoms with E-state index in [1.807, 2.05) is 0 Å². The number of halogens is 1. The van der Waals surface area contributed by atoms with E-state index >= 15 is 0 Å². The molecule has 2 rings (SSSR count). The van der Waals surface area contributed by atoms with Crippen LogP contribution in [0.25, 0.3) is 0 Å². The Labute approximate surface area is 119 Å². The zero-order chi connectivity index (χ0) is 13.0. The molecule has 2 unspecified atom stereocenters. The number of hydrogen-bond donors (Lipinski definition) is 1. The van der Waals surface area contributed by atoms with Crippen LogP contribution in [0.2, 0.25) is 0 Å². The molecular weight excluding hydrogens is 288 g/mol. The largest absolute Gasteiger partial charge is 0.312 e. The first-order valence-electron chi connectivity index (χ1n) is 6.81. The summed E-state index contributed by atoms with van der Waals surface area (Å²) in [4.78, 5) is 2.42. The van der Waals surface area contributed by atoms with Gasteiger partial charge in [0.15, 0.2) is 0 Å². The van der Waals surface area contributed by atoms with Gasteiger partial charge in [0, 0.05) is 23.6 Å². The minimum absolute atomic E-state index is 0.652. The average molecular weight is 311 g/mol. The number of rotatable bonds is 4. The summed E-state index contributed by atoms with van der Waals surface area (Å²) in [5.74, 6) is 0.797. The Hall–Kier alpha value is -0.380. The fraction of sp³-hybridized carbons (Fsp3) is 0.600. The third kappa shape index (κ3) is 4.08. The number of likely N-dealkylation sites (N-methyl/N-ethyl adjacent to an activating group) is 1. The SMILES string of the molecule is CC1CCCNC1CN(C)Cc1ccc(Br)cc1.